The van der Waals surface area contributed by atoms with Crippen molar-refractivity contribution in [2.45, 2.75) is 26.4 Å². The maximum Gasteiger partial charge on any atom is 0.415 e. The van der Waals surface area contributed by atoms with Crippen molar-refractivity contribution in [3.05, 3.63) is 11.9 Å². The van der Waals surface area contributed by atoms with Crippen molar-refractivity contribution in [2.75, 3.05) is 40.0 Å². The summed E-state index contributed by atoms with van der Waals surface area (Å²) in [4.78, 5) is 38.1. The lowest BCUT2D eigenvalue weighted by molar-refractivity contribution is -0.138. The summed E-state index contributed by atoms with van der Waals surface area (Å²) >= 11 is 0. The Hall–Kier alpha value is -2.09. The van der Waals surface area contributed by atoms with E-state index in [2.05, 4.69) is 0 Å². The molecule has 0 spiro atoms. The number of aldehydes is 1. The minimum Gasteiger partial charge on any atom is -0.464 e. The van der Waals surface area contributed by atoms with E-state index < -0.39 is 17.7 Å². The van der Waals surface area contributed by atoms with Gasteiger partial charge in [-0.05, 0) is 20.8 Å². The number of esters is 1. The Balaban J connectivity index is 3.06. The highest BCUT2D eigenvalue weighted by Crippen LogP contribution is 2.15. The fourth-order valence-corrected chi connectivity index (χ4v) is 1.88. The monoisotopic (exact) mass is 328 g/mol. The highest BCUT2D eigenvalue weighted by atomic mass is 16.6. The number of ether oxygens (including phenoxy) is 3. The van der Waals surface area contributed by atoms with Gasteiger partial charge in [0.05, 0.1) is 26.9 Å². The number of rotatable bonds is 5. The predicted molar refractivity (Wildman–Crippen MR) is 81.5 cm³/mol. The van der Waals surface area contributed by atoms with Gasteiger partial charge in [0.2, 0.25) is 0 Å². The number of nitrogens with zero attached hydrogens (tertiary/aromatic N) is 2. The van der Waals surface area contributed by atoms with Crippen molar-refractivity contribution >= 4 is 18.3 Å². The molecule has 130 valence electrons. The molecule has 1 amide bonds. The molecule has 0 bridgehead atoms. The first-order valence-electron chi connectivity index (χ1n) is 7.34. The maximum atomic E-state index is 12.3. The highest BCUT2D eigenvalue weighted by Gasteiger charge is 2.29. The molecule has 0 aromatic heterocycles. The molecule has 1 fully saturated rings. The molecular formula is C15H24N2O6. The lowest BCUT2D eigenvalue weighted by Crippen LogP contribution is -2.41. The molecule has 0 aromatic rings. The topological polar surface area (TPSA) is 85.4 Å². The lowest BCUT2D eigenvalue weighted by Gasteiger charge is -2.30. The van der Waals surface area contributed by atoms with Crippen molar-refractivity contribution in [3.8, 4) is 0 Å². The Morgan fingerprint density at radius 2 is 1.87 bits per heavy atom. The number of amides is 1. The first kappa shape index (κ1) is 19.0. The number of hydrogen-bond donors (Lipinski definition) is 0. The number of carbonyl (C=O) groups is 3. The van der Waals surface area contributed by atoms with E-state index in [1.807, 2.05) is 4.90 Å². The SMILES string of the molecule is COC(=O)/C(=C\N1CCOCC1)N(CC=O)C(=O)OC(C)(C)C. The van der Waals surface area contributed by atoms with E-state index >= 15 is 0 Å². The summed E-state index contributed by atoms with van der Waals surface area (Å²) in [6.45, 7) is 6.98. The molecule has 1 aliphatic heterocycles. The molecule has 23 heavy (non-hydrogen) atoms. The molecule has 1 heterocycles. The van der Waals surface area contributed by atoms with E-state index in [1.54, 1.807) is 20.8 Å². The number of morpholine rings is 1. The van der Waals surface area contributed by atoms with Crippen LogP contribution in [-0.2, 0) is 23.8 Å². The van der Waals surface area contributed by atoms with Gasteiger partial charge in [0.25, 0.3) is 0 Å². The van der Waals surface area contributed by atoms with Crippen molar-refractivity contribution in [3.63, 3.8) is 0 Å². The van der Waals surface area contributed by atoms with Gasteiger partial charge in [-0.3, -0.25) is 4.90 Å². The largest absolute Gasteiger partial charge is 0.464 e. The van der Waals surface area contributed by atoms with Crippen LogP contribution < -0.4 is 0 Å². The summed E-state index contributed by atoms with van der Waals surface area (Å²) in [5.74, 6) is -0.718. The van der Waals surface area contributed by atoms with Gasteiger partial charge in [-0.2, -0.15) is 0 Å². The highest BCUT2D eigenvalue weighted by molar-refractivity contribution is 5.93. The number of hydrogen-bond acceptors (Lipinski definition) is 7. The van der Waals surface area contributed by atoms with Gasteiger partial charge < -0.3 is 23.9 Å². The van der Waals surface area contributed by atoms with E-state index in [0.29, 0.717) is 32.6 Å². The van der Waals surface area contributed by atoms with Crippen LogP contribution in [0.5, 0.6) is 0 Å². The molecule has 1 rings (SSSR count). The standard InChI is InChI=1S/C15H24N2O6/c1-15(2,3)23-14(20)17(5-8-18)12(13(19)21-4)11-16-6-9-22-10-7-16/h8,11H,5-7,9-10H2,1-4H3/b12-11+. The van der Waals surface area contributed by atoms with Crippen LogP contribution in [-0.4, -0.2) is 73.7 Å². The van der Waals surface area contributed by atoms with E-state index in [0.717, 1.165) is 4.90 Å². The summed E-state index contributed by atoms with van der Waals surface area (Å²) in [5.41, 5.74) is -0.797. The van der Waals surface area contributed by atoms with E-state index in [4.69, 9.17) is 14.2 Å². The first-order valence-corrected chi connectivity index (χ1v) is 7.34. The second-order valence-electron chi connectivity index (χ2n) is 5.91. The molecule has 8 nitrogen and oxygen atoms in total. The zero-order valence-corrected chi connectivity index (χ0v) is 14.0. The van der Waals surface area contributed by atoms with Gasteiger partial charge in [-0.1, -0.05) is 0 Å². The van der Waals surface area contributed by atoms with Crippen molar-refractivity contribution < 1.29 is 28.6 Å². The predicted octanol–water partition coefficient (Wildman–Crippen LogP) is 0.769. The van der Waals surface area contributed by atoms with Gasteiger partial charge in [-0.15, -0.1) is 0 Å². The molecule has 0 radical (unpaired) electrons. The summed E-state index contributed by atoms with van der Waals surface area (Å²) < 4.78 is 15.2. The zero-order valence-electron chi connectivity index (χ0n) is 14.0. The third-order valence-electron chi connectivity index (χ3n) is 2.91. The van der Waals surface area contributed by atoms with Crippen LogP contribution in [0.25, 0.3) is 0 Å². The van der Waals surface area contributed by atoms with Gasteiger partial charge in [0.15, 0.2) is 0 Å². The van der Waals surface area contributed by atoms with Crippen LogP contribution in [0, 0.1) is 0 Å². The van der Waals surface area contributed by atoms with E-state index in [-0.39, 0.29) is 12.2 Å². The average Bonchev–Trinajstić information content (AvgIpc) is 2.49. The summed E-state index contributed by atoms with van der Waals surface area (Å²) in [7, 11) is 1.21. The molecule has 1 saturated heterocycles. The third kappa shape index (κ3) is 6.27. The Kier molecular flexibility index (Phi) is 7.02. The first-order chi connectivity index (χ1) is 10.8. The fourth-order valence-electron chi connectivity index (χ4n) is 1.88. The number of methoxy groups -OCH3 is 1. The summed E-state index contributed by atoms with van der Waals surface area (Å²) in [5, 5.41) is 0. The normalized spacial score (nSPS) is 15.8. The van der Waals surface area contributed by atoms with Crippen LogP contribution in [0.4, 0.5) is 4.79 Å². The molecule has 0 saturated carbocycles. The maximum absolute atomic E-state index is 12.3. The molecule has 0 N–H and O–H groups in total. The summed E-state index contributed by atoms with van der Waals surface area (Å²) in [6, 6.07) is 0. The van der Waals surface area contributed by atoms with E-state index in [1.165, 1.54) is 13.3 Å². The van der Waals surface area contributed by atoms with Gasteiger partial charge in [-0.25, -0.2) is 9.59 Å². The molecule has 0 atom stereocenters. The second kappa shape index (κ2) is 8.52. The molecule has 0 aliphatic carbocycles. The van der Waals surface area contributed by atoms with Crippen molar-refractivity contribution in [1.29, 1.82) is 0 Å². The molecule has 0 aromatic carbocycles. The molecule has 0 unspecified atom stereocenters. The third-order valence-corrected chi connectivity index (χ3v) is 2.91. The van der Waals surface area contributed by atoms with Gasteiger partial charge >= 0.3 is 12.1 Å². The molecular weight excluding hydrogens is 304 g/mol. The smallest absolute Gasteiger partial charge is 0.415 e. The van der Waals surface area contributed by atoms with Crippen molar-refractivity contribution in [1.82, 2.24) is 9.80 Å². The Bertz CT molecular complexity index is 463. The van der Waals surface area contributed by atoms with Crippen LogP contribution in [0.3, 0.4) is 0 Å². The Morgan fingerprint density at radius 1 is 1.26 bits per heavy atom. The zero-order chi connectivity index (χ0) is 17.5. The number of carbonyl (C=O) groups excluding carboxylic acids is 3. The fraction of sp³-hybridized carbons (Fsp3) is 0.667. The quantitative estimate of drug-likeness (QED) is 0.418. The molecule has 8 heteroatoms. The minimum absolute atomic E-state index is 0.0456. The lowest BCUT2D eigenvalue weighted by atomic mass is 10.2. The average molecular weight is 328 g/mol. The van der Waals surface area contributed by atoms with Gasteiger partial charge in [0, 0.05) is 19.3 Å². The Labute approximate surface area is 135 Å². The van der Waals surface area contributed by atoms with Gasteiger partial charge in [0.1, 0.15) is 17.6 Å². The van der Waals surface area contributed by atoms with E-state index in [9.17, 15) is 14.4 Å². The molecule has 1 aliphatic rings. The van der Waals surface area contributed by atoms with Crippen LogP contribution in [0.1, 0.15) is 20.8 Å². The van der Waals surface area contributed by atoms with Crippen LogP contribution in [0.15, 0.2) is 11.9 Å². The Morgan fingerprint density at radius 3 is 2.35 bits per heavy atom. The van der Waals surface area contributed by atoms with Crippen molar-refractivity contribution in [2.24, 2.45) is 0 Å². The second-order valence-corrected chi connectivity index (χ2v) is 5.91. The van der Waals surface area contributed by atoms with Crippen LogP contribution in [0.2, 0.25) is 0 Å². The van der Waals surface area contributed by atoms with Crippen LogP contribution >= 0.6 is 0 Å². The summed E-state index contributed by atoms with van der Waals surface area (Å²) in [6.07, 6.45) is 1.25. The minimum atomic E-state index is -0.783.